The van der Waals surface area contributed by atoms with Gasteiger partial charge in [-0.3, -0.25) is 0 Å². The molecule has 154 valence electrons. The minimum Gasteiger partial charge on any atom is -0.494 e. The molecule has 2 N–H and O–H groups in total. The van der Waals surface area contributed by atoms with Gasteiger partial charge in [-0.25, -0.2) is 14.7 Å². The minimum atomic E-state index is 0. The lowest BCUT2D eigenvalue weighted by Gasteiger charge is -2.12. The van der Waals surface area contributed by atoms with Crippen LogP contribution in [0.2, 0.25) is 0 Å². The number of ether oxygens (including phenoxy) is 1. The monoisotopic (exact) mass is 506 g/mol. The largest absolute Gasteiger partial charge is 0.494 e. The molecule has 1 heterocycles. The number of benzene rings is 2. The Labute approximate surface area is 188 Å². The summed E-state index contributed by atoms with van der Waals surface area (Å²) < 4.78 is 7.44. The zero-order chi connectivity index (χ0) is 19.4. The van der Waals surface area contributed by atoms with Crippen molar-refractivity contribution in [2.45, 2.75) is 19.9 Å². The van der Waals surface area contributed by atoms with Crippen molar-refractivity contribution in [1.82, 2.24) is 25.4 Å². The van der Waals surface area contributed by atoms with Crippen LogP contribution in [-0.2, 0) is 6.54 Å². The van der Waals surface area contributed by atoms with Gasteiger partial charge < -0.3 is 15.4 Å². The highest BCUT2D eigenvalue weighted by Crippen LogP contribution is 2.09. The Balaban J connectivity index is 0.00000300. The summed E-state index contributed by atoms with van der Waals surface area (Å²) in [4.78, 5) is 8.62. The van der Waals surface area contributed by atoms with Gasteiger partial charge in [0.25, 0.3) is 0 Å². The van der Waals surface area contributed by atoms with Crippen LogP contribution in [0.4, 0.5) is 0 Å². The molecule has 0 amide bonds. The molecule has 0 bridgehead atoms. The number of nitrogens with one attached hydrogen (secondary N) is 2. The van der Waals surface area contributed by atoms with E-state index in [2.05, 4.69) is 44.8 Å². The lowest BCUT2D eigenvalue weighted by atomic mass is 10.2. The second-order valence-corrected chi connectivity index (χ2v) is 6.14. The van der Waals surface area contributed by atoms with Gasteiger partial charge in [-0.05, 0) is 43.2 Å². The van der Waals surface area contributed by atoms with Crippen molar-refractivity contribution in [3.63, 3.8) is 0 Å². The molecular formula is C21H27IN6O. The number of para-hydroxylation sites is 1. The highest BCUT2D eigenvalue weighted by Gasteiger charge is 2.00. The summed E-state index contributed by atoms with van der Waals surface area (Å²) in [6, 6.07) is 18.0. The Morgan fingerprint density at radius 2 is 1.86 bits per heavy atom. The summed E-state index contributed by atoms with van der Waals surface area (Å²) in [6.07, 6.45) is 4.10. The van der Waals surface area contributed by atoms with Crippen LogP contribution in [0.15, 0.2) is 72.2 Å². The van der Waals surface area contributed by atoms with E-state index < -0.39 is 0 Å². The van der Waals surface area contributed by atoms with Crippen molar-refractivity contribution in [3.05, 3.63) is 72.8 Å². The fourth-order valence-corrected chi connectivity index (χ4v) is 2.59. The van der Waals surface area contributed by atoms with Gasteiger partial charge in [-0.1, -0.05) is 30.3 Å². The van der Waals surface area contributed by atoms with Gasteiger partial charge in [-0.15, -0.1) is 24.0 Å². The maximum absolute atomic E-state index is 5.71. The van der Waals surface area contributed by atoms with E-state index in [0.717, 1.165) is 42.5 Å². The van der Waals surface area contributed by atoms with E-state index in [-0.39, 0.29) is 24.0 Å². The topological polar surface area (TPSA) is 76.4 Å². The number of rotatable bonds is 9. The van der Waals surface area contributed by atoms with E-state index in [1.807, 2.05) is 42.5 Å². The van der Waals surface area contributed by atoms with Crippen LogP contribution in [0.3, 0.4) is 0 Å². The van der Waals surface area contributed by atoms with Gasteiger partial charge in [0.2, 0.25) is 0 Å². The Kier molecular flexibility index (Phi) is 9.98. The fourth-order valence-electron chi connectivity index (χ4n) is 2.59. The van der Waals surface area contributed by atoms with Gasteiger partial charge in [0.1, 0.15) is 18.4 Å². The molecule has 2 aromatic carbocycles. The summed E-state index contributed by atoms with van der Waals surface area (Å²) in [6.45, 7) is 4.94. The summed E-state index contributed by atoms with van der Waals surface area (Å²) in [7, 11) is 0. The van der Waals surface area contributed by atoms with Crippen LogP contribution >= 0.6 is 24.0 Å². The predicted molar refractivity (Wildman–Crippen MR) is 126 cm³/mol. The molecule has 8 heteroatoms. The van der Waals surface area contributed by atoms with Crippen molar-refractivity contribution >= 4 is 29.9 Å². The fraction of sp³-hybridized carbons (Fsp3) is 0.286. The summed E-state index contributed by atoms with van der Waals surface area (Å²) in [5.74, 6) is 1.71. The third kappa shape index (κ3) is 7.72. The van der Waals surface area contributed by atoms with Crippen molar-refractivity contribution in [2.75, 3.05) is 19.7 Å². The van der Waals surface area contributed by atoms with Gasteiger partial charge in [0.15, 0.2) is 5.96 Å². The first-order valence-corrected chi connectivity index (χ1v) is 9.49. The number of guanidine groups is 1. The second kappa shape index (κ2) is 12.8. The maximum atomic E-state index is 5.71. The Hall–Kier alpha value is -2.62. The molecule has 29 heavy (non-hydrogen) atoms. The van der Waals surface area contributed by atoms with Crippen molar-refractivity contribution in [1.29, 1.82) is 0 Å². The molecule has 0 saturated carbocycles. The standard InChI is InChI=1S/C21H26N6O.HI/c1-2-23-21(24-13-6-14-28-20-7-4-3-5-8-20)25-15-18-9-11-19(12-10-18)27-17-22-16-26-27;/h3-5,7-12,16-17H,2,6,13-15H2,1H3,(H2,23,24,25);1H. The molecule has 0 atom stereocenters. The molecule has 0 aliphatic carbocycles. The quantitative estimate of drug-likeness (QED) is 0.201. The molecule has 0 saturated heterocycles. The molecule has 0 radical (unpaired) electrons. The molecule has 0 unspecified atom stereocenters. The molecule has 0 aliphatic rings. The smallest absolute Gasteiger partial charge is 0.191 e. The predicted octanol–water partition coefficient (Wildman–Crippen LogP) is 3.41. The van der Waals surface area contributed by atoms with E-state index in [0.29, 0.717) is 13.2 Å². The van der Waals surface area contributed by atoms with Gasteiger partial charge in [0.05, 0.1) is 18.8 Å². The van der Waals surface area contributed by atoms with E-state index >= 15 is 0 Å². The molecular weight excluding hydrogens is 479 g/mol. The first-order valence-electron chi connectivity index (χ1n) is 9.49. The van der Waals surface area contributed by atoms with Crippen LogP contribution in [0.25, 0.3) is 5.69 Å². The van der Waals surface area contributed by atoms with Gasteiger partial charge in [-0.2, -0.15) is 5.10 Å². The highest BCUT2D eigenvalue weighted by atomic mass is 127. The SMILES string of the molecule is CCNC(=NCc1ccc(-n2cncn2)cc1)NCCCOc1ccccc1.I. The number of halogens is 1. The first kappa shape index (κ1) is 22.7. The van der Waals surface area contributed by atoms with Crippen LogP contribution in [0.5, 0.6) is 5.75 Å². The summed E-state index contributed by atoms with van der Waals surface area (Å²) in [5, 5.41) is 10.7. The zero-order valence-electron chi connectivity index (χ0n) is 16.5. The maximum Gasteiger partial charge on any atom is 0.191 e. The van der Waals surface area contributed by atoms with E-state index in [1.54, 1.807) is 11.0 Å². The van der Waals surface area contributed by atoms with Crippen molar-refractivity contribution < 1.29 is 4.74 Å². The number of hydrogen-bond donors (Lipinski definition) is 2. The molecule has 3 aromatic rings. The molecule has 3 rings (SSSR count). The van der Waals surface area contributed by atoms with Crippen LogP contribution in [-0.4, -0.2) is 40.4 Å². The lowest BCUT2D eigenvalue weighted by Crippen LogP contribution is -2.38. The highest BCUT2D eigenvalue weighted by molar-refractivity contribution is 14.0. The number of hydrogen-bond acceptors (Lipinski definition) is 4. The van der Waals surface area contributed by atoms with E-state index in [4.69, 9.17) is 4.74 Å². The molecule has 7 nitrogen and oxygen atoms in total. The first-order chi connectivity index (χ1) is 13.8. The molecule has 0 aliphatic heterocycles. The number of aromatic nitrogens is 3. The summed E-state index contributed by atoms with van der Waals surface area (Å²) in [5.41, 5.74) is 2.11. The van der Waals surface area contributed by atoms with E-state index in [9.17, 15) is 0 Å². The average molecular weight is 506 g/mol. The Bertz CT molecular complexity index is 837. The number of aliphatic imine (C=N–C) groups is 1. The Morgan fingerprint density at radius 1 is 1.07 bits per heavy atom. The normalized spacial score (nSPS) is 10.9. The molecule has 1 aromatic heterocycles. The van der Waals surface area contributed by atoms with E-state index in [1.165, 1.54) is 6.33 Å². The second-order valence-electron chi connectivity index (χ2n) is 6.14. The van der Waals surface area contributed by atoms with Crippen LogP contribution < -0.4 is 15.4 Å². The Morgan fingerprint density at radius 3 is 2.55 bits per heavy atom. The zero-order valence-corrected chi connectivity index (χ0v) is 18.8. The van der Waals surface area contributed by atoms with Crippen molar-refractivity contribution in [2.24, 2.45) is 4.99 Å². The average Bonchev–Trinajstić information content (AvgIpc) is 3.28. The van der Waals surface area contributed by atoms with Crippen LogP contribution in [0.1, 0.15) is 18.9 Å². The lowest BCUT2D eigenvalue weighted by molar-refractivity contribution is 0.311. The van der Waals surface area contributed by atoms with Gasteiger partial charge in [0, 0.05) is 13.1 Å². The minimum absolute atomic E-state index is 0. The third-order valence-corrected chi connectivity index (χ3v) is 4.01. The molecule has 0 fully saturated rings. The number of nitrogens with zero attached hydrogens (tertiary/aromatic N) is 4. The third-order valence-electron chi connectivity index (χ3n) is 4.01. The van der Waals surface area contributed by atoms with Crippen LogP contribution in [0, 0.1) is 0 Å². The summed E-state index contributed by atoms with van der Waals surface area (Å²) >= 11 is 0. The van der Waals surface area contributed by atoms with Crippen molar-refractivity contribution in [3.8, 4) is 11.4 Å². The van der Waals surface area contributed by atoms with Gasteiger partial charge >= 0.3 is 0 Å². The molecule has 0 spiro atoms.